The highest BCUT2D eigenvalue weighted by Crippen LogP contribution is 2.26. The van der Waals surface area contributed by atoms with Crippen molar-refractivity contribution in [3.05, 3.63) is 43.0 Å². The van der Waals surface area contributed by atoms with Crippen molar-refractivity contribution in [1.29, 1.82) is 0 Å². The number of ether oxygens (including phenoxy) is 3. The molecule has 0 aliphatic rings. The van der Waals surface area contributed by atoms with Crippen molar-refractivity contribution in [1.82, 2.24) is 9.55 Å². The average Bonchev–Trinajstić information content (AvgIpc) is 3.27. The molecule has 2 rings (SSSR count). The summed E-state index contributed by atoms with van der Waals surface area (Å²) in [4.78, 5) is 16.0. The SMILES string of the molecule is CCCC[C@H](Oc1ccc(OCCCCC(C)(C)C(=O)OCC)cc1)n1ccnc1. The molecular weight excluding hydrogens is 380 g/mol. The minimum atomic E-state index is -0.446. The van der Waals surface area contributed by atoms with Crippen molar-refractivity contribution in [2.24, 2.45) is 5.41 Å². The third-order valence-electron chi connectivity index (χ3n) is 5.05. The Kier molecular flexibility index (Phi) is 9.71. The zero-order valence-corrected chi connectivity index (χ0v) is 18.8. The third-order valence-corrected chi connectivity index (χ3v) is 5.05. The molecule has 0 radical (unpaired) electrons. The molecule has 30 heavy (non-hydrogen) atoms. The molecule has 0 fully saturated rings. The van der Waals surface area contributed by atoms with Crippen LogP contribution in [-0.4, -0.2) is 28.7 Å². The molecule has 166 valence electrons. The van der Waals surface area contributed by atoms with Crippen LogP contribution in [0.5, 0.6) is 11.5 Å². The van der Waals surface area contributed by atoms with Gasteiger partial charge in [-0.05, 0) is 70.7 Å². The lowest BCUT2D eigenvalue weighted by Gasteiger charge is -2.22. The number of unbranched alkanes of at least 4 members (excludes halogenated alkanes) is 2. The van der Waals surface area contributed by atoms with E-state index in [1.54, 1.807) is 12.5 Å². The third kappa shape index (κ3) is 7.73. The number of esters is 1. The summed E-state index contributed by atoms with van der Waals surface area (Å²) in [5.74, 6) is 1.50. The van der Waals surface area contributed by atoms with Crippen LogP contribution in [0.3, 0.4) is 0 Å². The summed E-state index contributed by atoms with van der Waals surface area (Å²) in [5.41, 5.74) is -0.446. The van der Waals surface area contributed by atoms with Crippen LogP contribution in [0.15, 0.2) is 43.0 Å². The summed E-state index contributed by atoms with van der Waals surface area (Å²) < 4.78 is 19.1. The Morgan fingerprint density at radius 1 is 1.10 bits per heavy atom. The number of hydrogen-bond acceptors (Lipinski definition) is 5. The molecule has 1 aromatic heterocycles. The highest BCUT2D eigenvalue weighted by molar-refractivity contribution is 5.75. The van der Waals surface area contributed by atoms with E-state index in [4.69, 9.17) is 14.2 Å². The van der Waals surface area contributed by atoms with Gasteiger partial charge in [0.25, 0.3) is 0 Å². The van der Waals surface area contributed by atoms with E-state index in [-0.39, 0.29) is 12.2 Å². The molecule has 0 unspecified atom stereocenters. The zero-order valence-electron chi connectivity index (χ0n) is 18.8. The number of benzene rings is 1. The number of carbonyl (C=O) groups excluding carboxylic acids is 1. The lowest BCUT2D eigenvalue weighted by Crippen LogP contribution is -2.26. The molecule has 1 atom stereocenters. The minimum Gasteiger partial charge on any atom is -0.494 e. The summed E-state index contributed by atoms with van der Waals surface area (Å²) in [7, 11) is 0. The Hall–Kier alpha value is -2.50. The standard InChI is InChI=1S/C24H36N2O4/c1-5-7-10-22(26-17-16-25-19-26)30-21-13-11-20(12-14-21)29-18-9-8-15-24(3,4)23(27)28-6-2/h11-14,16-17,19,22H,5-10,15,18H2,1-4H3/t22-/m0/s1. The van der Waals surface area contributed by atoms with Gasteiger partial charge < -0.3 is 18.8 Å². The van der Waals surface area contributed by atoms with E-state index in [1.165, 1.54) is 0 Å². The maximum Gasteiger partial charge on any atom is 0.311 e. The molecule has 2 aromatic rings. The molecular formula is C24H36N2O4. The summed E-state index contributed by atoms with van der Waals surface area (Å²) in [6.45, 7) is 8.92. The number of nitrogens with zero attached hydrogens (tertiary/aromatic N) is 2. The topological polar surface area (TPSA) is 62.6 Å². The molecule has 0 N–H and O–H groups in total. The van der Waals surface area contributed by atoms with E-state index < -0.39 is 5.41 Å². The summed E-state index contributed by atoms with van der Waals surface area (Å²) in [6.07, 6.45) is 11.2. The van der Waals surface area contributed by atoms with Gasteiger partial charge in [0.1, 0.15) is 11.5 Å². The van der Waals surface area contributed by atoms with Gasteiger partial charge in [-0.15, -0.1) is 0 Å². The predicted octanol–water partition coefficient (Wildman–Crippen LogP) is 5.79. The molecule has 0 aliphatic carbocycles. The quantitative estimate of drug-likeness (QED) is 0.288. The van der Waals surface area contributed by atoms with Crippen LogP contribution in [0.25, 0.3) is 0 Å². The smallest absolute Gasteiger partial charge is 0.311 e. The van der Waals surface area contributed by atoms with Crippen LogP contribution in [0.2, 0.25) is 0 Å². The van der Waals surface area contributed by atoms with E-state index in [9.17, 15) is 4.79 Å². The maximum absolute atomic E-state index is 11.9. The molecule has 0 spiro atoms. The first-order valence-corrected chi connectivity index (χ1v) is 11.0. The van der Waals surface area contributed by atoms with E-state index >= 15 is 0 Å². The van der Waals surface area contributed by atoms with E-state index in [0.717, 1.165) is 50.0 Å². The van der Waals surface area contributed by atoms with Crippen molar-refractivity contribution < 1.29 is 19.0 Å². The lowest BCUT2D eigenvalue weighted by atomic mass is 9.87. The van der Waals surface area contributed by atoms with E-state index in [2.05, 4.69) is 11.9 Å². The second-order valence-corrected chi connectivity index (χ2v) is 8.11. The lowest BCUT2D eigenvalue weighted by molar-refractivity contribution is -0.153. The van der Waals surface area contributed by atoms with Crippen LogP contribution in [0, 0.1) is 5.41 Å². The Bertz CT molecular complexity index is 726. The van der Waals surface area contributed by atoms with Gasteiger partial charge >= 0.3 is 5.97 Å². The maximum atomic E-state index is 11.9. The Morgan fingerprint density at radius 3 is 2.47 bits per heavy atom. The fourth-order valence-corrected chi connectivity index (χ4v) is 3.15. The van der Waals surface area contributed by atoms with Crippen molar-refractivity contribution >= 4 is 5.97 Å². The molecule has 0 bridgehead atoms. The first kappa shape index (κ1) is 23.8. The molecule has 6 nitrogen and oxygen atoms in total. The van der Waals surface area contributed by atoms with Crippen molar-refractivity contribution in [2.45, 2.75) is 72.4 Å². The molecule has 1 aromatic carbocycles. The van der Waals surface area contributed by atoms with Crippen LogP contribution in [0.4, 0.5) is 0 Å². The van der Waals surface area contributed by atoms with Gasteiger partial charge in [0.15, 0.2) is 6.23 Å². The largest absolute Gasteiger partial charge is 0.494 e. The van der Waals surface area contributed by atoms with E-state index in [0.29, 0.717) is 13.2 Å². The predicted molar refractivity (Wildman–Crippen MR) is 118 cm³/mol. The molecule has 0 saturated heterocycles. The summed E-state index contributed by atoms with van der Waals surface area (Å²) in [6, 6.07) is 7.75. The number of aromatic nitrogens is 2. The van der Waals surface area contributed by atoms with Gasteiger partial charge in [-0.2, -0.15) is 0 Å². The Labute approximate surface area is 180 Å². The zero-order chi connectivity index (χ0) is 21.8. The molecule has 0 amide bonds. The monoisotopic (exact) mass is 416 g/mol. The summed E-state index contributed by atoms with van der Waals surface area (Å²) >= 11 is 0. The molecule has 1 heterocycles. The van der Waals surface area contributed by atoms with Crippen molar-refractivity contribution in [3.63, 3.8) is 0 Å². The molecule has 0 aliphatic heterocycles. The first-order chi connectivity index (χ1) is 14.5. The van der Waals surface area contributed by atoms with Crippen LogP contribution >= 0.6 is 0 Å². The van der Waals surface area contributed by atoms with Gasteiger partial charge in [0.05, 0.1) is 25.0 Å². The van der Waals surface area contributed by atoms with Gasteiger partial charge in [-0.25, -0.2) is 4.98 Å². The van der Waals surface area contributed by atoms with Gasteiger partial charge in [0, 0.05) is 18.8 Å². The van der Waals surface area contributed by atoms with Gasteiger partial charge in [-0.1, -0.05) is 13.3 Å². The fraction of sp³-hybridized carbons (Fsp3) is 0.583. The van der Waals surface area contributed by atoms with Gasteiger partial charge in [-0.3, -0.25) is 4.79 Å². The summed E-state index contributed by atoms with van der Waals surface area (Å²) in [5, 5.41) is 0. The minimum absolute atomic E-state index is 0.0537. The fourth-order valence-electron chi connectivity index (χ4n) is 3.15. The van der Waals surface area contributed by atoms with Crippen LogP contribution < -0.4 is 9.47 Å². The Morgan fingerprint density at radius 2 is 1.83 bits per heavy atom. The molecule has 0 saturated carbocycles. The highest BCUT2D eigenvalue weighted by atomic mass is 16.5. The van der Waals surface area contributed by atoms with E-state index in [1.807, 2.05) is 55.8 Å². The van der Waals surface area contributed by atoms with Crippen molar-refractivity contribution in [2.75, 3.05) is 13.2 Å². The number of carbonyl (C=O) groups is 1. The first-order valence-electron chi connectivity index (χ1n) is 11.0. The van der Waals surface area contributed by atoms with Crippen molar-refractivity contribution in [3.8, 4) is 11.5 Å². The van der Waals surface area contributed by atoms with Crippen LogP contribution in [-0.2, 0) is 9.53 Å². The highest BCUT2D eigenvalue weighted by Gasteiger charge is 2.28. The Balaban J connectivity index is 1.75. The normalized spacial score (nSPS) is 12.4. The second-order valence-electron chi connectivity index (χ2n) is 8.11. The van der Waals surface area contributed by atoms with Gasteiger partial charge in [0.2, 0.25) is 0 Å². The average molecular weight is 417 g/mol. The number of imidazole rings is 1. The number of hydrogen-bond donors (Lipinski definition) is 0. The number of rotatable bonds is 14. The molecule has 6 heteroatoms. The second kappa shape index (κ2) is 12.3. The van der Waals surface area contributed by atoms with Crippen LogP contribution in [0.1, 0.15) is 72.4 Å².